The molecule has 1 unspecified atom stereocenters. The number of anilines is 1. The molecule has 21 heavy (non-hydrogen) atoms. The zero-order valence-electron chi connectivity index (χ0n) is 13.1. The summed E-state index contributed by atoms with van der Waals surface area (Å²) in [5, 5.41) is 3.66. The normalized spacial score (nSPS) is 22.3. The van der Waals surface area contributed by atoms with Crippen LogP contribution in [-0.4, -0.2) is 44.2 Å². The Morgan fingerprint density at radius 2 is 2.10 bits per heavy atom. The van der Waals surface area contributed by atoms with E-state index in [0.29, 0.717) is 6.04 Å². The minimum atomic E-state index is 0.647. The molecule has 1 aliphatic carbocycles. The summed E-state index contributed by atoms with van der Waals surface area (Å²) in [7, 11) is 4.35. The minimum absolute atomic E-state index is 0.647. The second-order valence-corrected chi connectivity index (χ2v) is 7.60. The Balaban J connectivity index is 1.79. The van der Waals surface area contributed by atoms with Gasteiger partial charge in [0.2, 0.25) is 0 Å². The molecule has 1 heterocycles. The van der Waals surface area contributed by atoms with Gasteiger partial charge in [-0.1, -0.05) is 22.0 Å². The molecule has 0 aromatic heterocycles. The fraction of sp³-hybridized carbons (Fsp3) is 0.647. The monoisotopic (exact) mass is 351 g/mol. The van der Waals surface area contributed by atoms with Gasteiger partial charge >= 0.3 is 0 Å². The molecule has 0 spiro atoms. The Morgan fingerprint density at radius 1 is 1.29 bits per heavy atom. The number of benzene rings is 1. The highest BCUT2D eigenvalue weighted by Gasteiger charge is 2.27. The van der Waals surface area contributed by atoms with Crippen LogP contribution in [0.4, 0.5) is 5.69 Å². The highest BCUT2D eigenvalue weighted by atomic mass is 79.9. The topological polar surface area (TPSA) is 18.5 Å². The van der Waals surface area contributed by atoms with E-state index in [4.69, 9.17) is 0 Å². The van der Waals surface area contributed by atoms with Crippen molar-refractivity contribution >= 4 is 21.6 Å². The summed E-state index contributed by atoms with van der Waals surface area (Å²) in [5.74, 6) is 0. The summed E-state index contributed by atoms with van der Waals surface area (Å²) >= 11 is 3.65. The van der Waals surface area contributed by atoms with Crippen molar-refractivity contribution in [2.45, 2.75) is 44.3 Å². The first-order chi connectivity index (χ1) is 10.1. The molecule has 1 saturated heterocycles. The van der Waals surface area contributed by atoms with Crippen molar-refractivity contribution in [1.29, 1.82) is 0 Å². The second kappa shape index (κ2) is 6.67. The van der Waals surface area contributed by atoms with Crippen molar-refractivity contribution in [1.82, 2.24) is 10.2 Å². The van der Waals surface area contributed by atoms with Crippen molar-refractivity contribution in [2.24, 2.45) is 0 Å². The molecule has 0 radical (unpaired) electrons. The zero-order valence-corrected chi connectivity index (χ0v) is 14.7. The third-order valence-electron chi connectivity index (χ3n) is 4.47. The molecule has 3 nitrogen and oxygen atoms in total. The predicted octanol–water partition coefficient (Wildman–Crippen LogP) is 3.23. The summed E-state index contributed by atoms with van der Waals surface area (Å²) < 4.78 is 1.18. The van der Waals surface area contributed by atoms with E-state index in [2.05, 4.69) is 63.3 Å². The Labute approximate surface area is 136 Å². The van der Waals surface area contributed by atoms with Gasteiger partial charge in [-0.3, -0.25) is 0 Å². The number of nitrogens with zero attached hydrogens (tertiary/aromatic N) is 2. The lowest BCUT2D eigenvalue weighted by atomic mass is 10.1. The maximum absolute atomic E-state index is 3.66. The number of hydrogen-bond acceptors (Lipinski definition) is 3. The van der Waals surface area contributed by atoms with E-state index in [1.54, 1.807) is 0 Å². The van der Waals surface area contributed by atoms with Gasteiger partial charge < -0.3 is 15.1 Å². The second-order valence-electron chi connectivity index (χ2n) is 6.68. The Bertz CT molecular complexity index is 485. The van der Waals surface area contributed by atoms with Crippen molar-refractivity contribution in [3.05, 3.63) is 28.2 Å². The predicted molar refractivity (Wildman–Crippen MR) is 92.9 cm³/mol. The molecule has 3 rings (SSSR count). The lowest BCUT2D eigenvalue weighted by Gasteiger charge is -2.31. The van der Waals surface area contributed by atoms with Gasteiger partial charge in [0.25, 0.3) is 0 Å². The third-order valence-corrected chi connectivity index (χ3v) is 4.96. The molecular formula is C17H26BrN3. The van der Waals surface area contributed by atoms with Crippen molar-refractivity contribution in [3.8, 4) is 0 Å². The van der Waals surface area contributed by atoms with Gasteiger partial charge in [-0.05, 0) is 57.5 Å². The molecule has 1 aliphatic heterocycles. The Kier molecular flexibility index (Phi) is 4.87. The number of halogens is 1. The van der Waals surface area contributed by atoms with Crippen LogP contribution in [0.5, 0.6) is 0 Å². The van der Waals surface area contributed by atoms with E-state index in [1.807, 2.05) is 0 Å². The molecule has 2 aliphatic rings. The van der Waals surface area contributed by atoms with Crippen LogP contribution in [0.25, 0.3) is 0 Å². The van der Waals surface area contributed by atoms with Crippen LogP contribution >= 0.6 is 15.9 Å². The smallest absolute Gasteiger partial charge is 0.0426 e. The van der Waals surface area contributed by atoms with Crippen LogP contribution in [0, 0.1) is 0 Å². The Hall–Kier alpha value is -0.580. The molecule has 1 aromatic carbocycles. The van der Waals surface area contributed by atoms with Crippen molar-refractivity contribution in [2.75, 3.05) is 32.1 Å². The first-order valence-electron chi connectivity index (χ1n) is 8.06. The van der Waals surface area contributed by atoms with Crippen LogP contribution < -0.4 is 10.2 Å². The van der Waals surface area contributed by atoms with Gasteiger partial charge in [0.15, 0.2) is 0 Å². The number of hydrogen-bond donors (Lipinski definition) is 1. The van der Waals surface area contributed by atoms with Gasteiger partial charge in [-0.15, -0.1) is 0 Å². The number of likely N-dealkylation sites (N-methyl/N-ethyl adjacent to an activating group) is 1. The van der Waals surface area contributed by atoms with Crippen LogP contribution in [0.3, 0.4) is 0 Å². The summed E-state index contributed by atoms with van der Waals surface area (Å²) in [6.45, 7) is 3.33. The minimum Gasteiger partial charge on any atom is -0.367 e. The summed E-state index contributed by atoms with van der Waals surface area (Å²) in [5.41, 5.74) is 2.86. The van der Waals surface area contributed by atoms with E-state index in [0.717, 1.165) is 19.1 Å². The average Bonchev–Trinajstić information content (AvgIpc) is 3.16. The highest BCUT2D eigenvalue weighted by molar-refractivity contribution is 9.10. The molecule has 1 saturated carbocycles. The van der Waals surface area contributed by atoms with E-state index in [1.165, 1.54) is 48.0 Å². The lowest BCUT2D eigenvalue weighted by Crippen LogP contribution is -2.38. The van der Waals surface area contributed by atoms with Gasteiger partial charge in [0.05, 0.1) is 0 Å². The maximum Gasteiger partial charge on any atom is 0.0426 e. The van der Waals surface area contributed by atoms with Crippen molar-refractivity contribution in [3.63, 3.8) is 0 Å². The van der Waals surface area contributed by atoms with Gasteiger partial charge in [-0.25, -0.2) is 0 Å². The SMILES string of the molecule is CN(C)CC1CCCN1c1cc(Br)ccc1CNC1CC1. The van der Waals surface area contributed by atoms with Crippen LogP contribution in [0.2, 0.25) is 0 Å². The third kappa shape index (κ3) is 3.99. The molecule has 1 atom stereocenters. The molecule has 116 valence electrons. The quantitative estimate of drug-likeness (QED) is 0.848. The maximum atomic E-state index is 3.66. The molecular weight excluding hydrogens is 326 g/mol. The summed E-state index contributed by atoms with van der Waals surface area (Å²) in [6, 6.07) is 8.16. The van der Waals surface area contributed by atoms with Crippen LogP contribution in [0.15, 0.2) is 22.7 Å². The van der Waals surface area contributed by atoms with E-state index in [-0.39, 0.29) is 0 Å². The van der Waals surface area contributed by atoms with E-state index < -0.39 is 0 Å². The molecule has 2 fully saturated rings. The standard InChI is InChI=1S/C17H26BrN3/c1-20(2)12-16-4-3-9-21(16)17-10-14(18)6-5-13(17)11-19-15-7-8-15/h5-6,10,15-16,19H,3-4,7-9,11-12H2,1-2H3. The largest absolute Gasteiger partial charge is 0.367 e. The van der Waals surface area contributed by atoms with E-state index in [9.17, 15) is 0 Å². The first kappa shape index (κ1) is 15.3. The van der Waals surface area contributed by atoms with Crippen LogP contribution in [-0.2, 0) is 6.54 Å². The van der Waals surface area contributed by atoms with Gasteiger partial charge in [-0.2, -0.15) is 0 Å². The molecule has 0 bridgehead atoms. The molecule has 1 aromatic rings. The van der Waals surface area contributed by atoms with E-state index >= 15 is 0 Å². The molecule has 1 N–H and O–H groups in total. The van der Waals surface area contributed by atoms with Crippen molar-refractivity contribution < 1.29 is 0 Å². The van der Waals surface area contributed by atoms with Crippen LogP contribution in [0.1, 0.15) is 31.2 Å². The number of nitrogens with one attached hydrogen (secondary N) is 1. The fourth-order valence-electron chi connectivity index (χ4n) is 3.26. The summed E-state index contributed by atoms with van der Waals surface area (Å²) in [6.07, 6.45) is 5.30. The zero-order chi connectivity index (χ0) is 14.8. The molecule has 4 heteroatoms. The molecule has 0 amide bonds. The lowest BCUT2D eigenvalue weighted by molar-refractivity contribution is 0.372. The average molecular weight is 352 g/mol. The fourth-order valence-corrected chi connectivity index (χ4v) is 3.61. The van der Waals surface area contributed by atoms with Gasteiger partial charge in [0, 0.05) is 41.9 Å². The highest BCUT2D eigenvalue weighted by Crippen LogP contribution is 2.32. The Morgan fingerprint density at radius 3 is 2.81 bits per heavy atom. The summed E-state index contributed by atoms with van der Waals surface area (Å²) in [4.78, 5) is 4.93. The van der Waals surface area contributed by atoms with Gasteiger partial charge in [0.1, 0.15) is 0 Å². The number of rotatable bonds is 6. The first-order valence-corrected chi connectivity index (χ1v) is 8.86.